The molecule has 3 aromatic rings. The van der Waals surface area contributed by atoms with Crippen molar-refractivity contribution in [1.29, 1.82) is 0 Å². The van der Waals surface area contributed by atoms with Gasteiger partial charge in [-0.15, -0.1) is 6.42 Å². The molecule has 182 valence electrons. The summed E-state index contributed by atoms with van der Waals surface area (Å²) in [6.07, 6.45) is 3.52. The van der Waals surface area contributed by atoms with Crippen molar-refractivity contribution in [2.75, 3.05) is 0 Å². The Hall–Kier alpha value is -3.30. The zero-order chi connectivity index (χ0) is 26.1. The largest absolute Gasteiger partial charge is 0.480 e. The second-order valence-corrected chi connectivity index (χ2v) is 10.8. The molecule has 0 amide bonds. The fourth-order valence-corrected chi connectivity index (χ4v) is 5.98. The van der Waals surface area contributed by atoms with Crippen molar-refractivity contribution in [1.82, 2.24) is 4.98 Å². The van der Waals surface area contributed by atoms with Crippen molar-refractivity contribution in [2.45, 2.75) is 44.9 Å². The number of aliphatic hydroxyl groups excluding tert-OH is 1. The van der Waals surface area contributed by atoms with Crippen LogP contribution in [0.15, 0.2) is 54.6 Å². The minimum absolute atomic E-state index is 0.150. The van der Waals surface area contributed by atoms with E-state index in [-0.39, 0.29) is 16.8 Å². The Bertz CT molecular complexity index is 1350. The molecule has 0 bridgehead atoms. The van der Waals surface area contributed by atoms with Gasteiger partial charge in [0.25, 0.3) is 7.37 Å². The van der Waals surface area contributed by atoms with Gasteiger partial charge >= 0.3 is 5.97 Å². The fourth-order valence-electron chi connectivity index (χ4n) is 4.48. The number of aliphatic carboxylic acids is 1. The van der Waals surface area contributed by atoms with E-state index in [0.29, 0.717) is 16.8 Å². The van der Waals surface area contributed by atoms with Crippen molar-refractivity contribution in [2.24, 2.45) is 0 Å². The average molecular weight is 495 g/mol. The summed E-state index contributed by atoms with van der Waals surface area (Å²) >= 11 is 0. The molecule has 1 aromatic heterocycles. The maximum atomic E-state index is 13.8. The van der Waals surface area contributed by atoms with E-state index in [2.05, 4.69) is 0 Å². The first kappa shape index (κ1) is 26.3. The summed E-state index contributed by atoms with van der Waals surface area (Å²) in [6.45, 7) is 6.34. The number of hydrogen-bond acceptors (Lipinski definition) is 4. The number of carboxylic acid groups (broad SMARTS) is 1. The SMILES string of the molecule is C#CP(=O)(O)C(C(=O)O)(c1c(C(C)C)nc(-c2ccccc2)c(C)c1-c1ccc(F)cc1)C(C)O. The lowest BCUT2D eigenvalue weighted by Crippen LogP contribution is -2.46. The van der Waals surface area contributed by atoms with Crippen molar-refractivity contribution in [3.63, 3.8) is 0 Å². The van der Waals surface area contributed by atoms with Gasteiger partial charge in [-0.05, 0) is 54.2 Å². The molecule has 3 rings (SSSR count). The van der Waals surface area contributed by atoms with E-state index >= 15 is 0 Å². The molecular formula is C27H27FNO5P. The van der Waals surface area contributed by atoms with Gasteiger partial charge in [0.15, 0.2) is 0 Å². The zero-order valence-electron chi connectivity index (χ0n) is 19.9. The highest BCUT2D eigenvalue weighted by molar-refractivity contribution is 7.65. The Labute approximate surface area is 203 Å². The molecule has 2 aromatic carbocycles. The third kappa shape index (κ3) is 4.30. The molecule has 0 aliphatic carbocycles. The van der Waals surface area contributed by atoms with E-state index in [1.807, 2.05) is 30.3 Å². The third-order valence-corrected chi connectivity index (χ3v) is 8.26. The molecule has 0 saturated heterocycles. The van der Waals surface area contributed by atoms with Gasteiger partial charge in [-0.1, -0.05) is 56.3 Å². The standard InChI is InChI=1S/C27H27FNO5P/c1-6-35(33,34)27(18(5)30,26(31)32)23-22(19-12-14-21(28)15-13-19)17(4)25(29-24(23)16(2)3)20-10-8-7-9-11-20/h1,7-16,18,30H,2-5H3,(H,31,32)(H,33,34). The van der Waals surface area contributed by atoms with Crippen LogP contribution in [0.4, 0.5) is 4.39 Å². The zero-order valence-corrected chi connectivity index (χ0v) is 20.8. The quantitative estimate of drug-likeness (QED) is 0.295. The Morgan fingerprint density at radius 1 is 1.09 bits per heavy atom. The highest BCUT2D eigenvalue weighted by atomic mass is 31.2. The van der Waals surface area contributed by atoms with Gasteiger partial charge in [-0.25, -0.2) is 4.39 Å². The van der Waals surface area contributed by atoms with Crippen LogP contribution in [-0.2, 0) is 14.5 Å². The topological polar surface area (TPSA) is 108 Å². The van der Waals surface area contributed by atoms with E-state index in [9.17, 15) is 28.9 Å². The van der Waals surface area contributed by atoms with Gasteiger partial charge in [0, 0.05) is 16.8 Å². The monoisotopic (exact) mass is 495 g/mol. The lowest BCUT2D eigenvalue weighted by molar-refractivity contribution is -0.143. The normalized spacial score (nSPS) is 15.6. The first-order chi connectivity index (χ1) is 16.4. The number of rotatable bonds is 7. The molecule has 3 atom stereocenters. The van der Waals surface area contributed by atoms with Gasteiger partial charge in [-0.2, -0.15) is 0 Å². The second kappa shape index (κ2) is 9.75. The predicted octanol–water partition coefficient (Wildman–Crippen LogP) is 5.51. The Balaban J connectivity index is 2.68. The molecule has 0 aliphatic heterocycles. The predicted molar refractivity (Wildman–Crippen MR) is 134 cm³/mol. The summed E-state index contributed by atoms with van der Waals surface area (Å²) in [4.78, 5) is 28.6. The van der Waals surface area contributed by atoms with Crippen molar-refractivity contribution < 1.29 is 28.9 Å². The molecule has 0 fully saturated rings. The number of carboxylic acids is 1. The van der Waals surface area contributed by atoms with E-state index in [4.69, 9.17) is 11.4 Å². The van der Waals surface area contributed by atoms with Gasteiger partial charge in [0.05, 0.1) is 11.8 Å². The number of terminal acetylenes is 1. The van der Waals surface area contributed by atoms with Crippen molar-refractivity contribution in [3.05, 3.63) is 77.2 Å². The van der Waals surface area contributed by atoms with E-state index in [0.717, 1.165) is 12.5 Å². The number of aromatic nitrogens is 1. The van der Waals surface area contributed by atoms with Gasteiger partial charge in [-0.3, -0.25) is 14.3 Å². The molecule has 35 heavy (non-hydrogen) atoms. The van der Waals surface area contributed by atoms with Crippen LogP contribution in [0.25, 0.3) is 22.4 Å². The van der Waals surface area contributed by atoms with Crippen LogP contribution in [0.3, 0.4) is 0 Å². The van der Waals surface area contributed by atoms with Crippen LogP contribution < -0.4 is 0 Å². The number of nitrogens with zero attached hydrogens (tertiary/aromatic N) is 1. The number of benzene rings is 2. The molecule has 8 heteroatoms. The molecular weight excluding hydrogens is 468 g/mol. The second-order valence-electron chi connectivity index (χ2n) is 8.70. The molecule has 6 nitrogen and oxygen atoms in total. The summed E-state index contributed by atoms with van der Waals surface area (Å²) in [6, 6.07) is 14.5. The summed E-state index contributed by atoms with van der Waals surface area (Å²) in [7, 11) is -5.02. The Morgan fingerprint density at radius 3 is 2.11 bits per heavy atom. The Kier molecular flexibility index (Phi) is 7.33. The molecule has 0 saturated carbocycles. The summed E-state index contributed by atoms with van der Waals surface area (Å²) in [5, 5.41) is 18.5. The van der Waals surface area contributed by atoms with Crippen LogP contribution in [0, 0.1) is 24.8 Å². The highest BCUT2D eigenvalue weighted by Gasteiger charge is 2.61. The van der Waals surface area contributed by atoms with E-state index in [1.54, 1.807) is 26.4 Å². The minimum atomic E-state index is -5.02. The van der Waals surface area contributed by atoms with Crippen LogP contribution in [-0.4, -0.2) is 32.2 Å². The smallest absolute Gasteiger partial charge is 0.327 e. The maximum Gasteiger partial charge on any atom is 0.327 e. The third-order valence-electron chi connectivity index (χ3n) is 6.16. The fraction of sp³-hybridized carbons (Fsp3) is 0.259. The van der Waals surface area contributed by atoms with Gasteiger partial charge < -0.3 is 15.1 Å². The maximum absolute atomic E-state index is 13.8. The summed E-state index contributed by atoms with van der Waals surface area (Å²) < 4.78 is 27.3. The summed E-state index contributed by atoms with van der Waals surface area (Å²) in [5.41, 5.74) is 4.20. The van der Waals surface area contributed by atoms with Gasteiger partial charge in [0.2, 0.25) is 5.16 Å². The average Bonchev–Trinajstić information content (AvgIpc) is 2.80. The molecule has 0 aliphatic rings. The molecule has 0 spiro atoms. The van der Waals surface area contributed by atoms with Gasteiger partial charge in [0.1, 0.15) is 5.82 Å². The molecule has 3 N–H and O–H groups in total. The van der Waals surface area contributed by atoms with Crippen molar-refractivity contribution in [3.8, 4) is 34.5 Å². The molecule has 0 radical (unpaired) electrons. The van der Waals surface area contributed by atoms with Crippen LogP contribution >= 0.6 is 7.37 Å². The number of carbonyl (C=O) groups is 1. The number of aliphatic hydroxyl groups is 1. The Morgan fingerprint density at radius 2 is 1.66 bits per heavy atom. The lowest BCUT2D eigenvalue weighted by atomic mass is 9.80. The summed E-state index contributed by atoms with van der Waals surface area (Å²) in [5.74, 6) is -2.69. The van der Waals surface area contributed by atoms with Crippen LogP contribution in [0.2, 0.25) is 0 Å². The number of hydrogen-bond donors (Lipinski definition) is 3. The van der Waals surface area contributed by atoms with Crippen LogP contribution in [0.5, 0.6) is 0 Å². The molecule has 1 heterocycles. The van der Waals surface area contributed by atoms with Crippen LogP contribution in [0.1, 0.15) is 43.5 Å². The highest BCUT2D eigenvalue weighted by Crippen LogP contribution is 2.64. The van der Waals surface area contributed by atoms with E-state index in [1.165, 1.54) is 24.3 Å². The first-order valence-electron chi connectivity index (χ1n) is 11.0. The van der Waals surface area contributed by atoms with Crippen molar-refractivity contribution >= 4 is 13.3 Å². The lowest BCUT2D eigenvalue weighted by Gasteiger charge is -2.38. The minimum Gasteiger partial charge on any atom is -0.480 e. The number of halogens is 1. The molecule has 3 unspecified atom stereocenters. The van der Waals surface area contributed by atoms with E-state index < -0.39 is 36.3 Å². The number of pyridine rings is 1. The first-order valence-corrected chi connectivity index (χ1v) is 12.6.